The second kappa shape index (κ2) is 9.54. The summed E-state index contributed by atoms with van der Waals surface area (Å²) in [5.74, 6) is -0.879. The molecule has 1 aromatic rings. The molecule has 2 heterocycles. The second-order valence-electron chi connectivity index (χ2n) is 11.5. The minimum absolute atomic E-state index is 0.0798. The number of carbonyl (C=O) groups excluding carboxylic acids is 1. The number of hydrogen-bond donors (Lipinski definition) is 2. The van der Waals surface area contributed by atoms with Crippen LogP contribution in [0.25, 0.3) is 0 Å². The monoisotopic (exact) mass is 488 g/mol. The molecule has 0 aromatic heterocycles. The summed E-state index contributed by atoms with van der Waals surface area (Å²) in [5, 5.41) is 13.3. The maximum Gasteiger partial charge on any atom is 0.322 e. The van der Waals surface area contributed by atoms with Crippen LogP contribution in [0.2, 0.25) is 5.02 Å². The van der Waals surface area contributed by atoms with Crippen LogP contribution in [0.15, 0.2) is 30.0 Å². The number of aliphatic carboxylic acids is 1. The van der Waals surface area contributed by atoms with Gasteiger partial charge in [0.05, 0.1) is 11.5 Å². The summed E-state index contributed by atoms with van der Waals surface area (Å²) in [4.78, 5) is 26.3. The van der Waals surface area contributed by atoms with E-state index in [9.17, 15) is 14.7 Å². The third-order valence-electron chi connectivity index (χ3n) is 7.74. The number of nitrogens with one attached hydrogen (secondary N) is 1. The standard InChI is InChI=1S/C27H37ClN2O4/c1-26(2,3)10-7-18-5-6-20(15-23(18)28)27(4)22(17-8-11-34-12-9-17)16-30(25(33)29-27)21-13-19(14-21)24(31)32/h5-6,15-17,19,21H,7-14H2,1-4H3,(H,29,33)(H,31,32)/t19-,21-,27-/m0/s1. The van der Waals surface area contributed by atoms with Crippen LogP contribution in [0.1, 0.15) is 70.9 Å². The Kier molecular flexibility index (Phi) is 7.03. The van der Waals surface area contributed by atoms with E-state index in [-0.39, 0.29) is 29.3 Å². The fraction of sp³-hybridized carbons (Fsp3) is 0.630. The molecule has 7 heteroatoms. The van der Waals surface area contributed by atoms with Crippen molar-refractivity contribution in [3.8, 4) is 0 Å². The largest absolute Gasteiger partial charge is 0.481 e. The van der Waals surface area contributed by atoms with Gasteiger partial charge in [-0.25, -0.2) is 4.79 Å². The number of ether oxygens (including phenoxy) is 1. The first-order valence-electron chi connectivity index (χ1n) is 12.4. The molecule has 0 spiro atoms. The highest BCUT2D eigenvalue weighted by molar-refractivity contribution is 6.31. The van der Waals surface area contributed by atoms with Gasteiger partial charge in [-0.2, -0.15) is 0 Å². The Morgan fingerprint density at radius 3 is 2.53 bits per heavy atom. The molecule has 3 aliphatic rings. The van der Waals surface area contributed by atoms with Crippen molar-refractivity contribution in [2.75, 3.05) is 13.2 Å². The highest BCUT2D eigenvalue weighted by atomic mass is 35.5. The molecular weight excluding hydrogens is 452 g/mol. The highest BCUT2D eigenvalue weighted by Crippen LogP contribution is 2.44. The molecule has 2 N–H and O–H groups in total. The summed E-state index contributed by atoms with van der Waals surface area (Å²) >= 11 is 6.75. The Hall–Kier alpha value is -2.05. The number of carboxylic acids is 1. The van der Waals surface area contributed by atoms with Crippen LogP contribution in [-0.4, -0.2) is 41.3 Å². The quantitative estimate of drug-likeness (QED) is 0.535. The Morgan fingerprint density at radius 1 is 1.26 bits per heavy atom. The van der Waals surface area contributed by atoms with Gasteiger partial charge in [-0.05, 0) is 79.5 Å². The zero-order valence-corrected chi connectivity index (χ0v) is 21.5. The van der Waals surface area contributed by atoms with E-state index < -0.39 is 11.5 Å². The summed E-state index contributed by atoms with van der Waals surface area (Å²) in [6.45, 7) is 10.1. The van der Waals surface area contributed by atoms with Crippen molar-refractivity contribution in [1.29, 1.82) is 0 Å². The number of hydrogen-bond acceptors (Lipinski definition) is 3. The van der Waals surface area contributed by atoms with Crippen LogP contribution in [0.5, 0.6) is 0 Å². The van der Waals surface area contributed by atoms with E-state index in [0.29, 0.717) is 26.1 Å². The highest BCUT2D eigenvalue weighted by Gasteiger charge is 2.46. The molecule has 0 radical (unpaired) electrons. The number of aryl methyl sites for hydroxylation is 1. The molecular formula is C27H37ClN2O4. The molecule has 0 unspecified atom stereocenters. The average molecular weight is 489 g/mol. The number of urea groups is 1. The Morgan fingerprint density at radius 2 is 1.94 bits per heavy atom. The van der Waals surface area contributed by atoms with Crippen molar-refractivity contribution >= 4 is 23.6 Å². The number of benzene rings is 1. The van der Waals surface area contributed by atoms with E-state index in [2.05, 4.69) is 45.1 Å². The molecule has 1 saturated carbocycles. The summed E-state index contributed by atoms with van der Waals surface area (Å²) in [6.07, 6.45) is 6.72. The summed E-state index contributed by atoms with van der Waals surface area (Å²) < 4.78 is 5.61. The van der Waals surface area contributed by atoms with Gasteiger partial charge in [-0.3, -0.25) is 9.69 Å². The first-order valence-corrected chi connectivity index (χ1v) is 12.8. The van der Waals surface area contributed by atoms with Crippen molar-refractivity contribution in [3.63, 3.8) is 0 Å². The maximum absolute atomic E-state index is 13.3. The number of carboxylic acid groups (broad SMARTS) is 1. The topological polar surface area (TPSA) is 78.9 Å². The van der Waals surface area contributed by atoms with E-state index in [1.54, 1.807) is 4.90 Å². The van der Waals surface area contributed by atoms with Crippen LogP contribution in [0.3, 0.4) is 0 Å². The van der Waals surface area contributed by atoms with Gasteiger partial charge in [-0.15, -0.1) is 0 Å². The number of amides is 2. The molecule has 2 amide bonds. The van der Waals surface area contributed by atoms with E-state index in [4.69, 9.17) is 16.3 Å². The van der Waals surface area contributed by atoms with Crippen LogP contribution in [-0.2, 0) is 21.5 Å². The van der Waals surface area contributed by atoms with E-state index in [1.807, 2.05) is 12.3 Å². The van der Waals surface area contributed by atoms with Gasteiger partial charge in [-0.1, -0.05) is 44.5 Å². The second-order valence-corrected chi connectivity index (χ2v) is 11.9. The Bertz CT molecular complexity index is 973. The van der Waals surface area contributed by atoms with Gasteiger partial charge in [0, 0.05) is 30.5 Å². The molecule has 2 fully saturated rings. The number of rotatable bonds is 6. The van der Waals surface area contributed by atoms with Crippen LogP contribution in [0, 0.1) is 17.3 Å². The van der Waals surface area contributed by atoms with Crippen molar-refractivity contribution in [1.82, 2.24) is 10.2 Å². The molecule has 1 saturated heterocycles. The van der Waals surface area contributed by atoms with Gasteiger partial charge in [0.1, 0.15) is 0 Å². The lowest BCUT2D eigenvalue weighted by Crippen LogP contribution is -2.59. The number of halogens is 1. The molecule has 6 nitrogen and oxygen atoms in total. The fourth-order valence-corrected chi connectivity index (χ4v) is 5.58. The first kappa shape index (κ1) is 25.1. The lowest BCUT2D eigenvalue weighted by Gasteiger charge is -2.48. The van der Waals surface area contributed by atoms with Crippen molar-refractivity contribution in [2.24, 2.45) is 17.3 Å². The molecule has 34 heavy (non-hydrogen) atoms. The van der Waals surface area contributed by atoms with Gasteiger partial charge in [0.25, 0.3) is 0 Å². The lowest BCUT2D eigenvalue weighted by atomic mass is 9.73. The van der Waals surface area contributed by atoms with Crippen LogP contribution >= 0.6 is 11.6 Å². The first-order chi connectivity index (χ1) is 16.0. The minimum atomic E-state index is -0.784. The van der Waals surface area contributed by atoms with Gasteiger partial charge in [0.2, 0.25) is 0 Å². The average Bonchev–Trinajstić information content (AvgIpc) is 2.73. The molecule has 1 aliphatic carbocycles. The van der Waals surface area contributed by atoms with E-state index in [0.717, 1.165) is 47.4 Å². The van der Waals surface area contributed by atoms with Crippen molar-refractivity contribution in [2.45, 2.75) is 77.8 Å². The summed E-state index contributed by atoms with van der Waals surface area (Å²) in [6, 6.07) is 5.94. The van der Waals surface area contributed by atoms with Gasteiger partial charge >= 0.3 is 12.0 Å². The predicted octanol–water partition coefficient (Wildman–Crippen LogP) is 5.73. The SMILES string of the molecule is CC(C)(C)CCc1ccc([C@]2(C)NC(=O)N([C@H]3C[C@H](C(=O)O)C3)C=C2C2CCOCC2)cc1Cl. The molecule has 0 bridgehead atoms. The van der Waals surface area contributed by atoms with Gasteiger partial charge in [0.15, 0.2) is 0 Å². The number of nitrogens with zero attached hydrogens (tertiary/aromatic N) is 1. The van der Waals surface area contributed by atoms with Crippen molar-refractivity contribution in [3.05, 3.63) is 46.1 Å². The molecule has 4 rings (SSSR count). The molecule has 186 valence electrons. The maximum atomic E-state index is 13.3. The third kappa shape index (κ3) is 5.13. The van der Waals surface area contributed by atoms with Crippen molar-refractivity contribution < 1.29 is 19.4 Å². The Labute approximate surface area is 207 Å². The number of carbonyl (C=O) groups is 2. The molecule has 2 aliphatic heterocycles. The normalized spacial score (nSPS) is 28.2. The summed E-state index contributed by atoms with van der Waals surface area (Å²) in [5.41, 5.74) is 2.79. The van der Waals surface area contributed by atoms with Gasteiger partial charge < -0.3 is 15.2 Å². The van der Waals surface area contributed by atoms with E-state index in [1.165, 1.54) is 0 Å². The smallest absolute Gasteiger partial charge is 0.322 e. The summed E-state index contributed by atoms with van der Waals surface area (Å²) in [7, 11) is 0. The minimum Gasteiger partial charge on any atom is -0.481 e. The zero-order valence-electron chi connectivity index (χ0n) is 20.7. The Balaban J connectivity index is 1.64. The van der Waals surface area contributed by atoms with Crippen LogP contribution < -0.4 is 5.32 Å². The molecule has 1 aromatic carbocycles. The van der Waals surface area contributed by atoms with E-state index >= 15 is 0 Å². The zero-order chi connectivity index (χ0) is 24.7. The predicted molar refractivity (Wildman–Crippen MR) is 133 cm³/mol. The fourth-order valence-electron chi connectivity index (χ4n) is 5.31. The molecule has 1 atom stereocenters. The van der Waals surface area contributed by atoms with Crippen LogP contribution in [0.4, 0.5) is 4.79 Å². The third-order valence-corrected chi connectivity index (χ3v) is 8.09. The lowest BCUT2D eigenvalue weighted by molar-refractivity contribution is -0.146.